The normalized spacial score (nSPS) is 11.1. The van der Waals surface area contributed by atoms with Crippen molar-refractivity contribution in [2.45, 2.75) is 12.8 Å². The summed E-state index contributed by atoms with van der Waals surface area (Å²) in [5.74, 6) is -5.35. The molecule has 41 heavy (non-hydrogen) atoms. The van der Waals surface area contributed by atoms with Crippen LogP contribution in [0.5, 0.6) is 5.75 Å². The van der Waals surface area contributed by atoms with E-state index in [0.29, 0.717) is 5.56 Å². The number of carbonyl (C=O) groups excluding carboxylic acids is 3. The second kappa shape index (κ2) is 11.3. The lowest BCUT2D eigenvalue weighted by atomic mass is 10.1. The lowest BCUT2D eigenvalue weighted by Gasteiger charge is -2.10. The van der Waals surface area contributed by atoms with Crippen LogP contribution in [0.25, 0.3) is 5.69 Å². The van der Waals surface area contributed by atoms with Crippen LogP contribution >= 0.6 is 0 Å². The number of benzene rings is 2. The monoisotopic (exact) mass is 575 g/mol. The topological polar surface area (TPSA) is 167 Å². The fourth-order valence-electron chi connectivity index (χ4n) is 3.60. The number of nitrogens with zero attached hydrogens (tertiary/aromatic N) is 3. The number of alkyl halides is 3. The highest BCUT2D eigenvalue weighted by Crippen LogP contribution is 2.25. The van der Waals surface area contributed by atoms with E-state index in [9.17, 15) is 36.3 Å². The standard InChI is InChI=1S/C25H18F5N7O4/c26-13-3-5-15(6-4-13)37-22(31)19(23(32)39)20(36-37)24(40)35-17-10-14(11-33-21(17)27)34-18(38)9-12-1-7-16(8-2-12)41-25(28,29)30/h1-8,10-11H,9,31H2,(H2,32,39)(H,34,38)(H,35,40). The summed E-state index contributed by atoms with van der Waals surface area (Å²) in [6.07, 6.45) is -4.18. The lowest BCUT2D eigenvalue weighted by Crippen LogP contribution is -2.21. The molecule has 2 heterocycles. The second-order valence-corrected chi connectivity index (χ2v) is 8.29. The molecule has 0 radical (unpaired) electrons. The summed E-state index contributed by atoms with van der Waals surface area (Å²) in [6.45, 7) is 0. The number of hydrogen-bond donors (Lipinski definition) is 4. The average Bonchev–Trinajstić information content (AvgIpc) is 3.24. The van der Waals surface area contributed by atoms with Gasteiger partial charge in [-0.1, -0.05) is 12.1 Å². The SMILES string of the molecule is NC(=O)c1c(C(=O)Nc2cc(NC(=O)Cc3ccc(OC(F)(F)F)cc3)cnc2F)nn(-c2ccc(F)cc2)c1N. The van der Waals surface area contributed by atoms with Crippen LogP contribution in [0, 0.1) is 11.8 Å². The lowest BCUT2D eigenvalue weighted by molar-refractivity contribution is -0.274. The minimum absolute atomic E-state index is 0.0461. The molecule has 0 spiro atoms. The summed E-state index contributed by atoms with van der Waals surface area (Å²) < 4.78 is 69.4. The molecule has 0 aliphatic rings. The molecule has 3 amide bonds. The molecule has 0 unspecified atom stereocenters. The summed E-state index contributed by atoms with van der Waals surface area (Å²) in [5, 5.41) is 8.57. The highest BCUT2D eigenvalue weighted by Gasteiger charge is 2.31. The maximum Gasteiger partial charge on any atom is 0.573 e. The molecule has 212 valence electrons. The van der Waals surface area contributed by atoms with Crippen LogP contribution in [0.15, 0.2) is 60.8 Å². The third-order valence-electron chi connectivity index (χ3n) is 5.35. The summed E-state index contributed by atoms with van der Waals surface area (Å²) >= 11 is 0. The number of aromatic nitrogens is 3. The first-order chi connectivity index (χ1) is 19.3. The van der Waals surface area contributed by atoms with Gasteiger partial charge in [0, 0.05) is 0 Å². The molecule has 0 aliphatic carbocycles. The van der Waals surface area contributed by atoms with Crippen LogP contribution in [-0.4, -0.2) is 38.8 Å². The van der Waals surface area contributed by atoms with Crippen LogP contribution in [-0.2, 0) is 11.2 Å². The van der Waals surface area contributed by atoms with Gasteiger partial charge in [0.1, 0.15) is 22.9 Å². The van der Waals surface area contributed by atoms with Crippen molar-refractivity contribution in [1.82, 2.24) is 14.8 Å². The summed E-state index contributed by atoms with van der Waals surface area (Å²) in [5.41, 5.74) is 10.3. The van der Waals surface area contributed by atoms with Crippen molar-refractivity contribution >= 4 is 34.9 Å². The molecular formula is C25H18F5N7O4. The number of hydrogen-bond acceptors (Lipinski definition) is 7. The molecule has 0 bridgehead atoms. The first-order valence-electron chi connectivity index (χ1n) is 11.4. The summed E-state index contributed by atoms with van der Waals surface area (Å²) in [7, 11) is 0. The first-order valence-corrected chi connectivity index (χ1v) is 11.4. The van der Waals surface area contributed by atoms with Gasteiger partial charge in [0.25, 0.3) is 11.8 Å². The molecular weight excluding hydrogens is 557 g/mol. The Labute approximate surface area is 226 Å². The van der Waals surface area contributed by atoms with Crippen molar-refractivity contribution in [3.8, 4) is 11.4 Å². The van der Waals surface area contributed by atoms with Crippen molar-refractivity contribution in [1.29, 1.82) is 0 Å². The third kappa shape index (κ3) is 6.92. The van der Waals surface area contributed by atoms with Crippen molar-refractivity contribution in [3.05, 3.63) is 89.4 Å². The average molecular weight is 575 g/mol. The zero-order valence-electron chi connectivity index (χ0n) is 20.5. The molecule has 0 saturated carbocycles. The van der Waals surface area contributed by atoms with Crippen LogP contribution in [0.2, 0.25) is 0 Å². The summed E-state index contributed by atoms with van der Waals surface area (Å²) in [4.78, 5) is 40.9. The van der Waals surface area contributed by atoms with E-state index in [4.69, 9.17) is 11.5 Å². The smallest absolute Gasteiger partial charge is 0.406 e. The first kappa shape index (κ1) is 28.5. The molecule has 11 nitrogen and oxygen atoms in total. The second-order valence-electron chi connectivity index (χ2n) is 8.29. The number of halogens is 5. The zero-order valence-corrected chi connectivity index (χ0v) is 20.5. The number of anilines is 3. The molecule has 0 saturated heterocycles. The van der Waals surface area contributed by atoms with Crippen LogP contribution < -0.4 is 26.8 Å². The summed E-state index contributed by atoms with van der Waals surface area (Å²) in [6, 6.07) is 10.4. The predicted octanol–water partition coefficient (Wildman–Crippen LogP) is 3.56. The van der Waals surface area contributed by atoms with Crippen molar-refractivity contribution < 1.29 is 41.1 Å². The van der Waals surface area contributed by atoms with E-state index in [1.54, 1.807) is 0 Å². The van der Waals surface area contributed by atoms with E-state index < -0.39 is 58.5 Å². The molecule has 0 aliphatic heterocycles. The molecule has 4 aromatic rings. The van der Waals surface area contributed by atoms with Crippen molar-refractivity contribution in [2.75, 3.05) is 16.4 Å². The molecule has 2 aromatic heterocycles. The number of nitrogens with two attached hydrogens (primary N) is 2. The molecule has 6 N–H and O–H groups in total. The Balaban J connectivity index is 1.50. The maximum atomic E-state index is 14.4. The fraction of sp³-hybridized carbons (Fsp3) is 0.0800. The minimum atomic E-state index is -4.86. The van der Waals surface area contributed by atoms with Crippen LogP contribution in [0.1, 0.15) is 26.4 Å². The third-order valence-corrected chi connectivity index (χ3v) is 5.35. The number of nitrogen functional groups attached to an aromatic ring is 1. The van der Waals surface area contributed by atoms with Gasteiger partial charge in [0.2, 0.25) is 11.9 Å². The number of amides is 3. The van der Waals surface area contributed by atoms with Gasteiger partial charge in [-0.15, -0.1) is 13.2 Å². The van der Waals surface area contributed by atoms with Crippen molar-refractivity contribution in [3.63, 3.8) is 0 Å². The van der Waals surface area contributed by atoms with Gasteiger partial charge < -0.3 is 26.8 Å². The van der Waals surface area contributed by atoms with Crippen molar-refractivity contribution in [2.24, 2.45) is 5.73 Å². The molecule has 0 fully saturated rings. The van der Waals surface area contributed by atoms with Gasteiger partial charge in [-0.2, -0.15) is 9.49 Å². The number of pyridine rings is 1. The Kier molecular flexibility index (Phi) is 7.84. The van der Waals surface area contributed by atoms with Gasteiger partial charge in [-0.05, 0) is 48.0 Å². The number of rotatable bonds is 8. The minimum Gasteiger partial charge on any atom is -0.406 e. The van der Waals surface area contributed by atoms with Gasteiger partial charge in [-0.3, -0.25) is 14.4 Å². The maximum absolute atomic E-state index is 14.4. The number of primary amides is 1. The van der Waals surface area contributed by atoms with Gasteiger partial charge in [0.15, 0.2) is 5.69 Å². The Morgan fingerprint density at radius 2 is 1.63 bits per heavy atom. The molecule has 2 aromatic carbocycles. The molecule has 0 atom stereocenters. The Morgan fingerprint density at radius 1 is 0.976 bits per heavy atom. The zero-order chi connectivity index (χ0) is 29.9. The number of nitrogens with one attached hydrogen (secondary N) is 2. The molecule has 16 heteroatoms. The van der Waals surface area contributed by atoms with E-state index >= 15 is 0 Å². The fourth-order valence-corrected chi connectivity index (χ4v) is 3.60. The van der Waals surface area contributed by atoms with E-state index in [1.807, 2.05) is 0 Å². The van der Waals surface area contributed by atoms with E-state index in [-0.39, 0.29) is 23.6 Å². The van der Waals surface area contributed by atoms with E-state index in [1.165, 1.54) is 24.3 Å². The van der Waals surface area contributed by atoms with Gasteiger partial charge in [0.05, 0.1) is 29.7 Å². The predicted molar refractivity (Wildman–Crippen MR) is 134 cm³/mol. The van der Waals surface area contributed by atoms with E-state index in [0.717, 1.165) is 41.2 Å². The highest BCUT2D eigenvalue weighted by atomic mass is 19.4. The quantitative estimate of drug-likeness (QED) is 0.184. The number of carbonyl (C=O) groups is 3. The van der Waals surface area contributed by atoms with Gasteiger partial charge in [-0.25, -0.2) is 14.1 Å². The number of ether oxygens (including phenoxy) is 1. The Morgan fingerprint density at radius 3 is 2.24 bits per heavy atom. The Hall–Kier alpha value is -5.54. The largest absolute Gasteiger partial charge is 0.573 e. The van der Waals surface area contributed by atoms with Crippen LogP contribution in [0.3, 0.4) is 0 Å². The van der Waals surface area contributed by atoms with Crippen LogP contribution in [0.4, 0.5) is 39.1 Å². The molecule has 4 rings (SSSR count). The van der Waals surface area contributed by atoms with Gasteiger partial charge >= 0.3 is 6.36 Å². The highest BCUT2D eigenvalue weighted by molar-refractivity contribution is 6.13. The Bertz CT molecular complexity index is 1620. The van der Waals surface area contributed by atoms with E-state index in [2.05, 4.69) is 25.5 Å².